The van der Waals surface area contributed by atoms with Crippen molar-refractivity contribution in [3.05, 3.63) is 29.3 Å². The molecular weight excluding hydrogens is 214 g/mol. The Hall–Kier alpha value is -1.06. The second kappa shape index (κ2) is 8.09. The minimum Gasteiger partial charge on any atom is -0.493 e. The van der Waals surface area contributed by atoms with Gasteiger partial charge in [-0.15, -0.1) is 0 Å². The molecule has 0 atom stereocenters. The van der Waals surface area contributed by atoms with Crippen molar-refractivity contribution in [2.24, 2.45) is 5.73 Å². The summed E-state index contributed by atoms with van der Waals surface area (Å²) in [5.74, 6) is 0.942. The molecule has 1 aromatic rings. The molecule has 3 heteroatoms. The van der Waals surface area contributed by atoms with Gasteiger partial charge in [0.1, 0.15) is 5.75 Å². The van der Waals surface area contributed by atoms with E-state index in [1.807, 2.05) is 25.1 Å². The van der Waals surface area contributed by atoms with E-state index in [0.29, 0.717) is 6.54 Å². The molecule has 17 heavy (non-hydrogen) atoms. The molecule has 0 saturated carbocycles. The van der Waals surface area contributed by atoms with Crippen LogP contribution in [-0.2, 0) is 6.54 Å². The summed E-state index contributed by atoms with van der Waals surface area (Å²) in [4.78, 5) is 0. The third kappa shape index (κ3) is 4.75. The topological polar surface area (TPSA) is 55.5 Å². The van der Waals surface area contributed by atoms with E-state index in [1.165, 1.54) is 0 Å². The Morgan fingerprint density at radius 1 is 1.18 bits per heavy atom. The maximum Gasteiger partial charge on any atom is 0.126 e. The lowest BCUT2D eigenvalue weighted by Crippen LogP contribution is -2.05. The van der Waals surface area contributed by atoms with Crippen molar-refractivity contribution in [1.29, 1.82) is 0 Å². The highest BCUT2D eigenvalue weighted by molar-refractivity contribution is 5.40. The highest BCUT2D eigenvalue weighted by Gasteiger charge is 2.04. The van der Waals surface area contributed by atoms with Crippen molar-refractivity contribution >= 4 is 0 Å². The van der Waals surface area contributed by atoms with Gasteiger partial charge in [0.05, 0.1) is 6.61 Å². The van der Waals surface area contributed by atoms with Crippen molar-refractivity contribution in [2.45, 2.75) is 39.2 Å². The van der Waals surface area contributed by atoms with Crippen molar-refractivity contribution in [3.63, 3.8) is 0 Å². The Morgan fingerprint density at radius 2 is 1.94 bits per heavy atom. The van der Waals surface area contributed by atoms with Crippen LogP contribution in [0.15, 0.2) is 18.2 Å². The van der Waals surface area contributed by atoms with Crippen molar-refractivity contribution in [3.8, 4) is 5.75 Å². The molecule has 0 aliphatic heterocycles. The van der Waals surface area contributed by atoms with E-state index in [9.17, 15) is 0 Å². The number of hydrogen-bond acceptors (Lipinski definition) is 3. The molecule has 0 bridgehead atoms. The summed E-state index contributed by atoms with van der Waals surface area (Å²) in [5, 5.41) is 8.66. The van der Waals surface area contributed by atoms with Crippen LogP contribution in [0.2, 0.25) is 0 Å². The molecule has 0 radical (unpaired) electrons. The molecule has 0 unspecified atom stereocenters. The summed E-state index contributed by atoms with van der Waals surface area (Å²) >= 11 is 0. The molecule has 0 aromatic heterocycles. The number of aliphatic hydroxyl groups is 1. The quantitative estimate of drug-likeness (QED) is 0.683. The number of aryl methyl sites for hydroxylation is 1. The van der Waals surface area contributed by atoms with E-state index in [0.717, 1.165) is 49.2 Å². The monoisotopic (exact) mass is 237 g/mol. The van der Waals surface area contributed by atoms with Crippen LogP contribution in [0.1, 0.15) is 36.8 Å². The van der Waals surface area contributed by atoms with Gasteiger partial charge in [-0.05, 0) is 31.7 Å². The van der Waals surface area contributed by atoms with E-state index in [2.05, 4.69) is 0 Å². The van der Waals surface area contributed by atoms with Crippen LogP contribution in [0.25, 0.3) is 0 Å². The highest BCUT2D eigenvalue weighted by Crippen LogP contribution is 2.23. The first-order valence-electron chi connectivity index (χ1n) is 6.31. The maximum absolute atomic E-state index is 8.66. The predicted octanol–water partition coefficient (Wildman–Crippen LogP) is 2.39. The van der Waals surface area contributed by atoms with Gasteiger partial charge >= 0.3 is 0 Å². The Balaban J connectivity index is 2.35. The molecule has 0 spiro atoms. The van der Waals surface area contributed by atoms with E-state index in [1.54, 1.807) is 0 Å². The van der Waals surface area contributed by atoms with Crippen molar-refractivity contribution < 1.29 is 9.84 Å². The minimum absolute atomic E-state index is 0.288. The number of unbranched alkanes of at least 4 members (excludes halogenated alkanes) is 3. The summed E-state index contributed by atoms with van der Waals surface area (Å²) in [7, 11) is 0. The standard InChI is InChI=1S/C14H23NO2/c1-12-7-6-8-13(11-15)14(12)17-10-5-3-2-4-9-16/h6-8,16H,2-5,9-11,15H2,1H3. The zero-order valence-corrected chi connectivity index (χ0v) is 10.6. The molecule has 96 valence electrons. The smallest absolute Gasteiger partial charge is 0.126 e. The normalized spacial score (nSPS) is 10.5. The summed E-state index contributed by atoms with van der Waals surface area (Å²) in [5.41, 5.74) is 7.89. The molecule has 3 N–H and O–H groups in total. The van der Waals surface area contributed by atoms with Gasteiger partial charge in [-0.25, -0.2) is 0 Å². The Bertz CT molecular complexity index is 326. The SMILES string of the molecule is Cc1cccc(CN)c1OCCCCCCO. The van der Waals surface area contributed by atoms with Gasteiger partial charge in [0.2, 0.25) is 0 Å². The number of aliphatic hydroxyl groups excluding tert-OH is 1. The molecule has 0 aliphatic rings. The zero-order chi connectivity index (χ0) is 12.5. The molecular formula is C14H23NO2. The van der Waals surface area contributed by atoms with Crippen LogP contribution in [0, 0.1) is 6.92 Å². The maximum atomic E-state index is 8.66. The van der Waals surface area contributed by atoms with Crippen LogP contribution in [0.3, 0.4) is 0 Å². The van der Waals surface area contributed by atoms with E-state index < -0.39 is 0 Å². The van der Waals surface area contributed by atoms with Gasteiger partial charge in [0, 0.05) is 18.7 Å². The number of hydrogen-bond donors (Lipinski definition) is 2. The summed E-state index contributed by atoms with van der Waals surface area (Å²) in [6.07, 6.45) is 4.08. The van der Waals surface area contributed by atoms with Crippen LogP contribution in [-0.4, -0.2) is 18.3 Å². The molecule has 1 aromatic carbocycles. The van der Waals surface area contributed by atoms with Crippen LogP contribution in [0.4, 0.5) is 0 Å². The van der Waals surface area contributed by atoms with Gasteiger partial charge in [0.25, 0.3) is 0 Å². The lowest BCUT2D eigenvalue weighted by atomic mass is 10.1. The molecule has 0 heterocycles. The third-order valence-corrected chi connectivity index (χ3v) is 2.81. The Morgan fingerprint density at radius 3 is 2.65 bits per heavy atom. The van der Waals surface area contributed by atoms with Gasteiger partial charge in [-0.1, -0.05) is 24.6 Å². The van der Waals surface area contributed by atoms with Crippen LogP contribution in [0.5, 0.6) is 5.75 Å². The first-order chi connectivity index (χ1) is 8.29. The highest BCUT2D eigenvalue weighted by atomic mass is 16.5. The molecule has 0 fully saturated rings. The summed E-state index contributed by atoms with van der Waals surface area (Å²) in [6.45, 7) is 3.57. The van der Waals surface area contributed by atoms with E-state index in [4.69, 9.17) is 15.6 Å². The van der Waals surface area contributed by atoms with Crippen LogP contribution >= 0.6 is 0 Å². The number of para-hydroxylation sites is 1. The fourth-order valence-corrected chi connectivity index (χ4v) is 1.82. The zero-order valence-electron chi connectivity index (χ0n) is 10.6. The fourth-order valence-electron chi connectivity index (χ4n) is 1.82. The van der Waals surface area contributed by atoms with Gasteiger partial charge < -0.3 is 15.6 Å². The van der Waals surface area contributed by atoms with E-state index in [-0.39, 0.29) is 6.61 Å². The van der Waals surface area contributed by atoms with Crippen molar-refractivity contribution in [2.75, 3.05) is 13.2 Å². The average Bonchev–Trinajstić information content (AvgIpc) is 2.35. The molecule has 0 saturated heterocycles. The lowest BCUT2D eigenvalue weighted by molar-refractivity contribution is 0.272. The van der Waals surface area contributed by atoms with Crippen molar-refractivity contribution in [1.82, 2.24) is 0 Å². The molecule has 0 amide bonds. The van der Waals surface area contributed by atoms with E-state index >= 15 is 0 Å². The Kier molecular flexibility index (Phi) is 6.67. The number of benzene rings is 1. The number of rotatable bonds is 8. The summed E-state index contributed by atoms with van der Waals surface area (Å²) < 4.78 is 5.80. The second-order valence-electron chi connectivity index (χ2n) is 4.25. The first kappa shape index (κ1) is 14.0. The Labute approximate surface area is 104 Å². The van der Waals surface area contributed by atoms with Crippen LogP contribution < -0.4 is 10.5 Å². The lowest BCUT2D eigenvalue weighted by Gasteiger charge is -2.12. The van der Waals surface area contributed by atoms with Gasteiger partial charge in [0.15, 0.2) is 0 Å². The first-order valence-corrected chi connectivity index (χ1v) is 6.31. The summed E-state index contributed by atoms with van der Waals surface area (Å²) in [6, 6.07) is 6.06. The molecule has 1 rings (SSSR count). The minimum atomic E-state index is 0.288. The van der Waals surface area contributed by atoms with Gasteiger partial charge in [-0.2, -0.15) is 0 Å². The largest absolute Gasteiger partial charge is 0.493 e. The predicted molar refractivity (Wildman–Crippen MR) is 70.1 cm³/mol. The third-order valence-electron chi connectivity index (χ3n) is 2.81. The molecule has 0 aliphatic carbocycles. The number of ether oxygens (including phenoxy) is 1. The number of nitrogens with two attached hydrogens (primary N) is 1. The van der Waals surface area contributed by atoms with Gasteiger partial charge in [-0.3, -0.25) is 0 Å². The fraction of sp³-hybridized carbons (Fsp3) is 0.571. The molecule has 3 nitrogen and oxygen atoms in total. The second-order valence-corrected chi connectivity index (χ2v) is 4.25. The average molecular weight is 237 g/mol.